The van der Waals surface area contributed by atoms with Crippen molar-refractivity contribution in [2.24, 2.45) is 0 Å². The molecule has 0 aromatic heterocycles. The molecule has 1 heteroatoms. The zero-order chi connectivity index (χ0) is 6.10. The molecule has 0 saturated heterocycles. The maximum Gasteiger partial charge on any atom is 0.0225 e. The van der Waals surface area contributed by atoms with Crippen molar-refractivity contribution in [3.8, 4) is 0 Å². The molecule has 0 saturated carbocycles. The summed E-state index contributed by atoms with van der Waals surface area (Å²) in [5, 5.41) is 0. The fourth-order valence-corrected chi connectivity index (χ4v) is 1.46. The van der Waals surface area contributed by atoms with Crippen molar-refractivity contribution in [1.82, 2.24) is 4.90 Å². The van der Waals surface area contributed by atoms with Gasteiger partial charge >= 0.3 is 0 Å². The van der Waals surface area contributed by atoms with Gasteiger partial charge in [-0.25, -0.2) is 0 Å². The molecular formula is C8H11N. The van der Waals surface area contributed by atoms with Gasteiger partial charge in [-0.05, 0) is 12.8 Å². The summed E-state index contributed by atoms with van der Waals surface area (Å²) in [6.45, 7) is 1.24. The summed E-state index contributed by atoms with van der Waals surface area (Å²) >= 11 is 0. The third kappa shape index (κ3) is 0.766. The summed E-state index contributed by atoms with van der Waals surface area (Å²) in [6.07, 6.45) is 10.6. The lowest BCUT2D eigenvalue weighted by Crippen LogP contribution is -2.17. The third-order valence-corrected chi connectivity index (χ3v) is 1.96. The minimum Gasteiger partial charge on any atom is -0.352 e. The lowest BCUT2D eigenvalue weighted by atomic mass is 10.1. The number of hydrogen-bond donors (Lipinski definition) is 0. The van der Waals surface area contributed by atoms with Crippen molar-refractivity contribution in [3.05, 3.63) is 24.0 Å². The summed E-state index contributed by atoms with van der Waals surface area (Å²) in [5.74, 6) is 0. The number of fused-ring (bicyclic) bond motifs is 1. The summed E-state index contributed by atoms with van der Waals surface area (Å²) in [6, 6.07) is 0. The second-order valence-corrected chi connectivity index (χ2v) is 2.62. The van der Waals surface area contributed by atoms with E-state index in [-0.39, 0.29) is 0 Å². The monoisotopic (exact) mass is 121 g/mol. The van der Waals surface area contributed by atoms with E-state index in [9.17, 15) is 0 Å². The maximum absolute atomic E-state index is 2.35. The molecule has 0 amide bonds. The van der Waals surface area contributed by atoms with Gasteiger partial charge in [0.05, 0.1) is 0 Å². The number of allylic oxidation sites excluding steroid dienone is 2. The first-order chi connectivity index (χ1) is 4.47. The van der Waals surface area contributed by atoms with E-state index in [1.807, 2.05) is 0 Å². The van der Waals surface area contributed by atoms with Crippen LogP contribution in [0.25, 0.3) is 0 Å². The van der Waals surface area contributed by atoms with Crippen LogP contribution in [-0.2, 0) is 0 Å². The van der Waals surface area contributed by atoms with Gasteiger partial charge in [0, 0.05) is 24.9 Å². The largest absolute Gasteiger partial charge is 0.352 e. The van der Waals surface area contributed by atoms with Gasteiger partial charge in [-0.2, -0.15) is 0 Å². The smallest absolute Gasteiger partial charge is 0.0225 e. The van der Waals surface area contributed by atoms with E-state index >= 15 is 0 Å². The molecule has 2 rings (SSSR count). The van der Waals surface area contributed by atoms with Gasteiger partial charge in [0.1, 0.15) is 0 Å². The van der Waals surface area contributed by atoms with Crippen LogP contribution in [-0.4, -0.2) is 11.4 Å². The molecule has 0 atom stereocenters. The highest BCUT2D eigenvalue weighted by molar-refractivity contribution is 5.17. The summed E-state index contributed by atoms with van der Waals surface area (Å²) in [7, 11) is 0. The van der Waals surface area contributed by atoms with Crippen molar-refractivity contribution in [2.75, 3.05) is 6.54 Å². The van der Waals surface area contributed by atoms with Crippen molar-refractivity contribution in [1.29, 1.82) is 0 Å². The molecule has 2 aliphatic heterocycles. The van der Waals surface area contributed by atoms with Crippen LogP contribution in [0, 0.1) is 0 Å². The molecule has 1 nitrogen and oxygen atoms in total. The predicted molar refractivity (Wildman–Crippen MR) is 37.8 cm³/mol. The van der Waals surface area contributed by atoms with Crippen molar-refractivity contribution < 1.29 is 0 Å². The fraction of sp³-hybridized carbons (Fsp3) is 0.500. The minimum atomic E-state index is 1.17. The molecule has 0 fully saturated rings. The van der Waals surface area contributed by atoms with Gasteiger partial charge in [-0.15, -0.1) is 0 Å². The topological polar surface area (TPSA) is 3.24 Å². The highest BCUT2D eigenvalue weighted by atomic mass is 15.1. The molecule has 0 aliphatic carbocycles. The molecule has 2 aliphatic rings. The van der Waals surface area contributed by atoms with Crippen LogP contribution < -0.4 is 0 Å². The molecule has 0 radical (unpaired) electrons. The van der Waals surface area contributed by atoms with E-state index in [0.29, 0.717) is 0 Å². The van der Waals surface area contributed by atoms with Gasteiger partial charge in [-0.1, -0.05) is 12.2 Å². The highest BCUT2D eigenvalue weighted by Gasteiger charge is 2.12. The third-order valence-electron chi connectivity index (χ3n) is 1.96. The second kappa shape index (κ2) is 1.90. The standard InChI is InChI=1S/C8H11N/c1-2-6-9-7-3-5-8(9)4-1/h3-4,7H,1-2,5-6H2. The molecule has 0 N–H and O–H groups in total. The number of rotatable bonds is 0. The van der Waals surface area contributed by atoms with E-state index in [0.717, 1.165) is 0 Å². The Bertz CT molecular complexity index is 167. The zero-order valence-electron chi connectivity index (χ0n) is 5.51. The maximum atomic E-state index is 2.35. The fourth-order valence-electron chi connectivity index (χ4n) is 1.46. The van der Waals surface area contributed by atoms with E-state index in [4.69, 9.17) is 0 Å². The Labute approximate surface area is 55.7 Å². The van der Waals surface area contributed by atoms with Crippen LogP contribution in [0.2, 0.25) is 0 Å². The number of hydrogen-bond acceptors (Lipinski definition) is 1. The zero-order valence-corrected chi connectivity index (χ0v) is 5.51. The number of nitrogens with zero attached hydrogens (tertiary/aromatic N) is 1. The van der Waals surface area contributed by atoms with Gasteiger partial charge < -0.3 is 4.90 Å². The van der Waals surface area contributed by atoms with E-state index in [1.54, 1.807) is 0 Å². The van der Waals surface area contributed by atoms with E-state index < -0.39 is 0 Å². The average molecular weight is 121 g/mol. The Hall–Kier alpha value is -0.720. The van der Waals surface area contributed by atoms with Crippen LogP contribution in [0.5, 0.6) is 0 Å². The van der Waals surface area contributed by atoms with Crippen LogP contribution >= 0.6 is 0 Å². The van der Waals surface area contributed by atoms with Crippen molar-refractivity contribution in [2.45, 2.75) is 19.3 Å². The van der Waals surface area contributed by atoms with Crippen LogP contribution in [0.3, 0.4) is 0 Å². The Kier molecular flexibility index (Phi) is 1.08. The molecule has 0 aromatic carbocycles. The molecule has 0 spiro atoms. The summed E-state index contributed by atoms with van der Waals surface area (Å²) in [5.41, 5.74) is 1.52. The Morgan fingerprint density at radius 3 is 3.33 bits per heavy atom. The normalized spacial score (nSPS) is 24.0. The summed E-state index contributed by atoms with van der Waals surface area (Å²) < 4.78 is 0. The average Bonchev–Trinajstić information content (AvgIpc) is 2.33. The first-order valence-corrected chi connectivity index (χ1v) is 3.59. The quantitative estimate of drug-likeness (QED) is 0.473. The Morgan fingerprint density at radius 2 is 2.44 bits per heavy atom. The summed E-state index contributed by atoms with van der Waals surface area (Å²) in [4.78, 5) is 2.35. The van der Waals surface area contributed by atoms with Gasteiger partial charge in [0.2, 0.25) is 0 Å². The predicted octanol–water partition coefficient (Wildman–Crippen LogP) is 1.88. The first kappa shape index (κ1) is 5.10. The lowest BCUT2D eigenvalue weighted by Gasteiger charge is -2.21. The lowest BCUT2D eigenvalue weighted by molar-refractivity contribution is 0.439. The second-order valence-electron chi connectivity index (χ2n) is 2.62. The van der Waals surface area contributed by atoms with Crippen LogP contribution in [0.1, 0.15) is 19.3 Å². The first-order valence-electron chi connectivity index (χ1n) is 3.59. The molecule has 0 bridgehead atoms. The van der Waals surface area contributed by atoms with Gasteiger partial charge in [0.25, 0.3) is 0 Å². The molecule has 0 unspecified atom stereocenters. The molecule has 48 valence electrons. The molecular weight excluding hydrogens is 110 g/mol. The SMILES string of the molecule is C1=CN2CCCC=C2C1. The van der Waals surface area contributed by atoms with Crippen molar-refractivity contribution in [3.63, 3.8) is 0 Å². The Morgan fingerprint density at radius 1 is 1.44 bits per heavy atom. The van der Waals surface area contributed by atoms with E-state index in [1.165, 1.54) is 31.5 Å². The van der Waals surface area contributed by atoms with Crippen molar-refractivity contribution >= 4 is 0 Å². The van der Waals surface area contributed by atoms with Gasteiger partial charge in [-0.3, -0.25) is 0 Å². The van der Waals surface area contributed by atoms with Crippen LogP contribution in [0.15, 0.2) is 24.0 Å². The van der Waals surface area contributed by atoms with E-state index in [2.05, 4.69) is 23.3 Å². The Balaban J connectivity index is 2.22. The molecule has 0 aromatic rings. The molecule has 2 heterocycles. The van der Waals surface area contributed by atoms with Crippen LogP contribution in [0.4, 0.5) is 0 Å². The minimum absolute atomic E-state index is 1.17. The van der Waals surface area contributed by atoms with Gasteiger partial charge in [0.15, 0.2) is 0 Å². The molecule has 9 heavy (non-hydrogen) atoms. The highest BCUT2D eigenvalue weighted by Crippen LogP contribution is 2.23.